The molecule has 0 radical (unpaired) electrons. The Kier molecular flexibility index (Phi) is 4.17. The summed E-state index contributed by atoms with van der Waals surface area (Å²) in [5, 5.41) is 10.6. The number of benzene rings is 1. The highest BCUT2D eigenvalue weighted by molar-refractivity contribution is 5.90. The van der Waals surface area contributed by atoms with Crippen molar-refractivity contribution in [1.29, 1.82) is 0 Å². The van der Waals surface area contributed by atoms with E-state index in [2.05, 4.69) is 15.5 Å². The standard InChI is InChI=1S/C17H20N4O3/c22-17(21(15-4-5-15)9-12-6-7-23-10-12)19-14-3-1-2-13(8-14)16-20-18-11-24-16/h1-3,8,11-12,15H,4-7,9-10H2,(H,19,22). The van der Waals surface area contributed by atoms with Crippen molar-refractivity contribution in [1.82, 2.24) is 15.1 Å². The molecule has 2 aromatic rings. The van der Waals surface area contributed by atoms with E-state index in [9.17, 15) is 4.79 Å². The van der Waals surface area contributed by atoms with Crippen molar-refractivity contribution < 1.29 is 13.9 Å². The predicted octanol–water partition coefficient (Wildman–Crippen LogP) is 2.77. The second-order valence-electron chi connectivity index (χ2n) is 6.37. The Bertz CT molecular complexity index is 694. The lowest BCUT2D eigenvalue weighted by atomic mass is 10.1. The van der Waals surface area contributed by atoms with Gasteiger partial charge in [0.05, 0.1) is 6.61 Å². The summed E-state index contributed by atoms with van der Waals surface area (Å²) in [6, 6.07) is 7.76. The van der Waals surface area contributed by atoms with Crippen LogP contribution in [0.5, 0.6) is 0 Å². The summed E-state index contributed by atoms with van der Waals surface area (Å²) in [7, 11) is 0. The number of carbonyl (C=O) groups excluding carboxylic acids is 1. The van der Waals surface area contributed by atoms with Gasteiger partial charge in [-0.15, -0.1) is 10.2 Å². The summed E-state index contributed by atoms with van der Waals surface area (Å²) in [5.74, 6) is 0.884. The van der Waals surface area contributed by atoms with E-state index in [1.54, 1.807) is 0 Å². The second-order valence-corrected chi connectivity index (χ2v) is 6.37. The molecule has 0 bridgehead atoms. The van der Waals surface area contributed by atoms with Crippen LogP contribution in [-0.2, 0) is 4.74 Å². The summed E-state index contributed by atoms with van der Waals surface area (Å²) >= 11 is 0. The summed E-state index contributed by atoms with van der Waals surface area (Å²) in [6.07, 6.45) is 4.49. The highest BCUT2D eigenvalue weighted by Gasteiger charge is 2.34. The van der Waals surface area contributed by atoms with Gasteiger partial charge in [0.2, 0.25) is 12.3 Å². The number of hydrogen-bond donors (Lipinski definition) is 1. The zero-order valence-corrected chi connectivity index (χ0v) is 13.4. The van der Waals surface area contributed by atoms with E-state index in [1.807, 2.05) is 29.2 Å². The maximum absolute atomic E-state index is 12.7. The predicted molar refractivity (Wildman–Crippen MR) is 87.4 cm³/mol. The molecule has 2 amide bonds. The van der Waals surface area contributed by atoms with Gasteiger partial charge in [-0.3, -0.25) is 0 Å². The zero-order valence-electron chi connectivity index (χ0n) is 13.4. The maximum atomic E-state index is 12.7. The molecule has 1 aromatic heterocycles. The van der Waals surface area contributed by atoms with Crippen LogP contribution in [0, 0.1) is 5.92 Å². The third-order valence-electron chi connectivity index (χ3n) is 4.45. The Morgan fingerprint density at radius 2 is 2.25 bits per heavy atom. The van der Waals surface area contributed by atoms with Gasteiger partial charge in [0.25, 0.3) is 0 Å². The maximum Gasteiger partial charge on any atom is 0.322 e. The van der Waals surface area contributed by atoms with Crippen molar-refractivity contribution in [2.24, 2.45) is 5.92 Å². The third-order valence-corrected chi connectivity index (χ3v) is 4.45. The fraction of sp³-hybridized carbons (Fsp3) is 0.471. The molecule has 2 heterocycles. The Morgan fingerprint density at radius 1 is 1.33 bits per heavy atom. The molecular weight excluding hydrogens is 308 g/mol. The number of ether oxygens (including phenoxy) is 1. The number of nitrogens with one attached hydrogen (secondary N) is 1. The van der Waals surface area contributed by atoms with Gasteiger partial charge in [0.15, 0.2) is 0 Å². The molecule has 1 atom stereocenters. The lowest BCUT2D eigenvalue weighted by Crippen LogP contribution is -2.40. The van der Waals surface area contributed by atoms with Crippen LogP contribution in [0.1, 0.15) is 19.3 Å². The van der Waals surface area contributed by atoms with Crippen LogP contribution in [0.3, 0.4) is 0 Å². The first kappa shape index (κ1) is 15.1. The molecule has 2 fully saturated rings. The minimum atomic E-state index is -0.0490. The smallest absolute Gasteiger partial charge is 0.322 e. The molecule has 0 spiro atoms. The first-order valence-corrected chi connectivity index (χ1v) is 8.31. The molecule has 24 heavy (non-hydrogen) atoms. The van der Waals surface area contributed by atoms with Gasteiger partial charge in [-0.05, 0) is 37.5 Å². The van der Waals surface area contributed by atoms with E-state index in [-0.39, 0.29) is 6.03 Å². The molecule has 7 nitrogen and oxygen atoms in total. The van der Waals surface area contributed by atoms with Gasteiger partial charge in [-0.1, -0.05) is 6.07 Å². The number of amides is 2. The zero-order chi connectivity index (χ0) is 16.4. The fourth-order valence-electron chi connectivity index (χ4n) is 3.01. The van der Waals surface area contributed by atoms with E-state index in [0.29, 0.717) is 17.9 Å². The molecular formula is C17H20N4O3. The minimum absolute atomic E-state index is 0.0490. The number of carbonyl (C=O) groups is 1. The first-order chi connectivity index (χ1) is 11.8. The number of aromatic nitrogens is 2. The van der Waals surface area contributed by atoms with Gasteiger partial charge < -0.3 is 19.4 Å². The average molecular weight is 328 g/mol. The Hall–Kier alpha value is -2.41. The summed E-state index contributed by atoms with van der Waals surface area (Å²) < 4.78 is 10.6. The number of urea groups is 1. The van der Waals surface area contributed by atoms with E-state index in [4.69, 9.17) is 9.15 Å². The lowest BCUT2D eigenvalue weighted by Gasteiger charge is -2.25. The lowest BCUT2D eigenvalue weighted by molar-refractivity contribution is 0.167. The summed E-state index contributed by atoms with van der Waals surface area (Å²) in [6.45, 7) is 2.32. The quantitative estimate of drug-likeness (QED) is 0.913. The Labute approximate surface area is 140 Å². The number of nitrogens with zero attached hydrogens (tertiary/aromatic N) is 3. The molecule has 1 saturated carbocycles. The van der Waals surface area contributed by atoms with Crippen molar-refractivity contribution in [3.63, 3.8) is 0 Å². The molecule has 1 N–H and O–H groups in total. The summed E-state index contributed by atoms with van der Waals surface area (Å²) in [4.78, 5) is 14.7. The SMILES string of the molecule is O=C(Nc1cccc(-c2nnco2)c1)N(CC1CCOC1)C1CC1. The van der Waals surface area contributed by atoms with E-state index in [0.717, 1.165) is 50.3 Å². The topological polar surface area (TPSA) is 80.5 Å². The molecule has 1 unspecified atom stereocenters. The molecule has 1 aliphatic heterocycles. The van der Waals surface area contributed by atoms with Crippen LogP contribution in [0.4, 0.5) is 10.5 Å². The number of hydrogen-bond acceptors (Lipinski definition) is 5. The van der Waals surface area contributed by atoms with Crippen molar-refractivity contribution >= 4 is 11.7 Å². The molecule has 1 aliphatic carbocycles. The van der Waals surface area contributed by atoms with Crippen molar-refractivity contribution in [2.45, 2.75) is 25.3 Å². The largest absolute Gasteiger partial charge is 0.423 e. The third kappa shape index (κ3) is 3.41. The van der Waals surface area contributed by atoms with Crippen molar-refractivity contribution in [3.8, 4) is 11.5 Å². The number of rotatable bonds is 5. The van der Waals surface area contributed by atoms with Gasteiger partial charge in [-0.25, -0.2) is 4.79 Å². The van der Waals surface area contributed by atoms with Crippen LogP contribution in [0.15, 0.2) is 35.1 Å². The second kappa shape index (κ2) is 6.60. The summed E-state index contributed by atoms with van der Waals surface area (Å²) in [5.41, 5.74) is 1.51. The molecule has 2 aliphatic rings. The Balaban J connectivity index is 1.45. The normalized spacial score (nSPS) is 20.1. The molecule has 1 aromatic carbocycles. The van der Waals surface area contributed by atoms with E-state index >= 15 is 0 Å². The van der Waals surface area contributed by atoms with Crippen LogP contribution >= 0.6 is 0 Å². The van der Waals surface area contributed by atoms with Crippen LogP contribution in [-0.4, -0.2) is 46.9 Å². The van der Waals surface area contributed by atoms with Crippen LogP contribution < -0.4 is 5.32 Å². The fourth-order valence-corrected chi connectivity index (χ4v) is 3.01. The molecule has 7 heteroatoms. The molecule has 126 valence electrons. The Morgan fingerprint density at radius 3 is 2.96 bits per heavy atom. The highest BCUT2D eigenvalue weighted by atomic mass is 16.5. The van der Waals surface area contributed by atoms with Crippen LogP contribution in [0.25, 0.3) is 11.5 Å². The average Bonchev–Trinajstić information content (AvgIpc) is 3.08. The van der Waals surface area contributed by atoms with Gasteiger partial charge in [0, 0.05) is 36.4 Å². The molecule has 4 rings (SSSR count). The van der Waals surface area contributed by atoms with Gasteiger partial charge >= 0.3 is 6.03 Å². The van der Waals surface area contributed by atoms with E-state index in [1.165, 1.54) is 6.39 Å². The number of anilines is 1. The monoisotopic (exact) mass is 328 g/mol. The van der Waals surface area contributed by atoms with Crippen molar-refractivity contribution in [2.75, 3.05) is 25.1 Å². The highest BCUT2D eigenvalue weighted by Crippen LogP contribution is 2.30. The van der Waals surface area contributed by atoms with Crippen LogP contribution in [0.2, 0.25) is 0 Å². The van der Waals surface area contributed by atoms with Crippen molar-refractivity contribution in [3.05, 3.63) is 30.7 Å². The van der Waals surface area contributed by atoms with E-state index < -0.39 is 0 Å². The molecule has 1 saturated heterocycles. The minimum Gasteiger partial charge on any atom is -0.423 e. The first-order valence-electron chi connectivity index (χ1n) is 8.31. The van der Waals surface area contributed by atoms with Gasteiger partial charge in [-0.2, -0.15) is 0 Å². The van der Waals surface area contributed by atoms with Gasteiger partial charge in [0.1, 0.15) is 0 Å².